The summed E-state index contributed by atoms with van der Waals surface area (Å²) in [4.78, 5) is 32.9. The molecule has 5 N–H and O–H groups in total. The molecule has 2 aromatic rings. The Bertz CT molecular complexity index is 760. The second kappa shape index (κ2) is 16.0. The van der Waals surface area contributed by atoms with Gasteiger partial charge in [0, 0.05) is 24.8 Å². The Morgan fingerprint density at radius 1 is 0.719 bits per heavy atom. The molecule has 0 aliphatic rings. The first-order chi connectivity index (χ1) is 15.3. The van der Waals surface area contributed by atoms with E-state index in [2.05, 4.69) is 26.6 Å². The molecule has 9 heteroatoms. The molecule has 0 unspecified atom stereocenters. The normalized spacial score (nSPS) is 12.2. The SMILES string of the molecule is O=C(O)CCCCBr.O=C(O)[C@@H](NCc1ccccc1)[C@@H](NCc1ccccc1)C(=O)O. The fourth-order valence-electron chi connectivity index (χ4n) is 2.71. The van der Waals surface area contributed by atoms with Gasteiger partial charge in [-0.1, -0.05) is 76.6 Å². The zero-order valence-electron chi connectivity index (χ0n) is 17.6. The van der Waals surface area contributed by atoms with E-state index in [9.17, 15) is 24.6 Å². The van der Waals surface area contributed by atoms with Crippen molar-refractivity contribution >= 4 is 33.8 Å². The van der Waals surface area contributed by atoms with Crippen LogP contribution in [0.25, 0.3) is 0 Å². The lowest BCUT2D eigenvalue weighted by atomic mass is 10.1. The molecule has 0 saturated carbocycles. The van der Waals surface area contributed by atoms with Gasteiger partial charge in [0.1, 0.15) is 12.1 Å². The van der Waals surface area contributed by atoms with E-state index in [-0.39, 0.29) is 13.1 Å². The number of benzene rings is 2. The van der Waals surface area contributed by atoms with Gasteiger partial charge < -0.3 is 15.3 Å². The highest BCUT2D eigenvalue weighted by Gasteiger charge is 2.33. The van der Waals surface area contributed by atoms with E-state index in [0.29, 0.717) is 6.42 Å². The summed E-state index contributed by atoms with van der Waals surface area (Å²) in [6.07, 6.45) is 2.03. The van der Waals surface area contributed by atoms with Gasteiger partial charge in [-0.15, -0.1) is 0 Å². The summed E-state index contributed by atoms with van der Waals surface area (Å²) < 4.78 is 0. The number of rotatable bonds is 13. The van der Waals surface area contributed by atoms with Gasteiger partial charge in [0.15, 0.2) is 0 Å². The maximum absolute atomic E-state index is 11.5. The molecule has 0 aliphatic carbocycles. The van der Waals surface area contributed by atoms with Crippen molar-refractivity contribution in [1.82, 2.24) is 10.6 Å². The molecule has 0 aromatic heterocycles. The molecule has 0 spiro atoms. The van der Waals surface area contributed by atoms with Crippen molar-refractivity contribution in [1.29, 1.82) is 0 Å². The van der Waals surface area contributed by atoms with Gasteiger partial charge in [-0.25, -0.2) is 0 Å². The summed E-state index contributed by atoms with van der Waals surface area (Å²) in [5.41, 5.74) is 1.77. The van der Waals surface area contributed by atoms with Crippen LogP contribution in [-0.2, 0) is 27.5 Å². The highest BCUT2D eigenvalue weighted by Crippen LogP contribution is 2.04. The van der Waals surface area contributed by atoms with Crippen molar-refractivity contribution in [2.24, 2.45) is 0 Å². The Kier molecular flexibility index (Phi) is 13.6. The first-order valence-electron chi connectivity index (χ1n) is 10.1. The van der Waals surface area contributed by atoms with Gasteiger partial charge in [0.25, 0.3) is 0 Å². The molecule has 32 heavy (non-hydrogen) atoms. The lowest BCUT2D eigenvalue weighted by molar-refractivity contribution is -0.148. The highest BCUT2D eigenvalue weighted by molar-refractivity contribution is 9.09. The molecule has 174 valence electrons. The van der Waals surface area contributed by atoms with E-state index in [1.807, 2.05) is 60.7 Å². The molecule has 2 atom stereocenters. The van der Waals surface area contributed by atoms with Gasteiger partial charge in [-0.3, -0.25) is 25.0 Å². The predicted molar refractivity (Wildman–Crippen MR) is 125 cm³/mol. The molecule has 0 radical (unpaired) electrons. The summed E-state index contributed by atoms with van der Waals surface area (Å²) >= 11 is 3.21. The molecule has 2 aromatic carbocycles. The van der Waals surface area contributed by atoms with E-state index in [0.717, 1.165) is 29.3 Å². The predicted octanol–water partition coefficient (Wildman–Crippen LogP) is 3.11. The van der Waals surface area contributed by atoms with E-state index in [1.165, 1.54) is 0 Å². The number of unbranched alkanes of at least 4 members (excludes halogenated alkanes) is 1. The van der Waals surface area contributed by atoms with Crippen LogP contribution in [0.4, 0.5) is 0 Å². The topological polar surface area (TPSA) is 136 Å². The largest absolute Gasteiger partial charge is 0.481 e. The first kappa shape index (κ1) is 27.3. The third-order valence-corrected chi connectivity index (χ3v) is 4.94. The Balaban J connectivity index is 0.000000547. The van der Waals surface area contributed by atoms with Gasteiger partial charge >= 0.3 is 17.9 Å². The van der Waals surface area contributed by atoms with Crippen LogP contribution in [0.5, 0.6) is 0 Å². The standard InChI is InChI=1S/C18H20N2O4.C5H9BrO2/c21-17(22)15(19-11-13-7-3-1-4-8-13)16(18(23)24)20-12-14-9-5-2-6-10-14;6-4-2-1-3-5(7)8/h1-10,15-16,19-20H,11-12H2,(H,21,22)(H,23,24);1-4H2,(H,7,8)/t15-,16+;. The Morgan fingerprint density at radius 3 is 1.44 bits per heavy atom. The fraction of sp³-hybridized carbons (Fsp3) is 0.348. The zero-order valence-corrected chi connectivity index (χ0v) is 19.2. The Hall–Kier alpha value is -2.75. The fourth-order valence-corrected chi connectivity index (χ4v) is 3.11. The van der Waals surface area contributed by atoms with Crippen LogP contribution >= 0.6 is 15.9 Å². The van der Waals surface area contributed by atoms with E-state index < -0.39 is 30.0 Å². The molecule has 0 saturated heterocycles. The summed E-state index contributed by atoms with van der Waals surface area (Å²) in [6.45, 7) is 0.545. The van der Waals surface area contributed by atoms with Crippen LogP contribution in [0.15, 0.2) is 60.7 Å². The second-order valence-corrected chi connectivity index (χ2v) is 7.70. The van der Waals surface area contributed by atoms with Crippen LogP contribution in [0, 0.1) is 0 Å². The van der Waals surface area contributed by atoms with Crippen molar-refractivity contribution < 1.29 is 29.7 Å². The molecule has 0 bridgehead atoms. The third kappa shape index (κ3) is 11.6. The Labute approximate surface area is 195 Å². The van der Waals surface area contributed by atoms with Crippen molar-refractivity contribution in [3.8, 4) is 0 Å². The number of nitrogens with one attached hydrogen (secondary N) is 2. The van der Waals surface area contributed by atoms with Crippen LogP contribution in [0.2, 0.25) is 0 Å². The maximum atomic E-state index is 11.5. The van der Waals surface area contributed by atoms with Gasteiger partial charge in [-0.05, 0) is 24.0 Å². The molecular weight excluding hydrogens is 480 g/mol. The average molecular weight is 509 g/mol. The second-order valence-electron chi connectivity index (χ2n) is 6.90. The van der Waals surface area contributed by atoms with E-state index >= 15 is 0 Å². The number of alkyl halides is 1. The highest BCUT2D eigenvalue weighted by atomic mass is 79.9. The van der Waals surface area contributed by atoms with Crippen molar-refractivity contribution in [2.75, 3.05) is 5.33 Å². The van der Waals surface area contributed by atoms with E-state index in [1.54, 1.807) is 0 Å². The quantitative estimate of drug-likeness (QED) is 0.205. The van der Waals surface area contributed by atoms with Crippen LogP contribution < -0.4 is 10.6 Å². The maximum Gasteiger partial charge on any atom is 0.322 e. The molecule has 8 nitrogen and oxygen atoms in total. The van der Waals surface area contributed by atoms with Crippen LogP contribution in [0.3, 0.4) is 0 Å². The summed E-state index contributed by atoms with van der Waals surface area (Å²) in [5.74, 6) is -3.12. The average Bonchev–Trinajstić information content (AvgIpc) is 2.77. The molecule has 0 aliphatic heterocycles. The summed E-state index contributed by atoms with van der Waals surface area (Å²) in [7, 11) is 0. The number of carboxylic acid groups (broad SMARTS) is 3. The van der Waals surface area contributed by atoms with Gasteiger partial charge in [-0.2, -0.15) is 0 Å². The summed E-state index contributed by atoms with van der Waals surface area (Å²) in [6, 6.07) is 16.0. The number of carboxylic acids is 3. The van der Waals surface area contributed by atoms with Crippen molar-refractivity contribution in [3.63, 3.8) is 0 Å². The zero-order chi connectivity index (χ0) is 23.8. The Morgan fingerprint density at radius 2 is 1.12 bits per heavy atom. The van der Waals surface area contributed by atoms with Crippen molar-refractivity contribution in [3.05, 3.63) is 71.8 Å². The molecular formula is C23H29BrN2O6. The number of halogens is 1. The number of hydrogen-bond donors (Lipinski definition) is 5. The van der Waals surface area contributed by atoms with Crippen LogP contribution in [-0.4, -0.2) is 50.6 Å². The van der Waals surface area contributed by atoms with Crippen molar-refractivity contribution in [2.45, 2.75) is 44.4 Å². The molecule has 0 heterocycles. The van der Waals surface area contributed by atoms with Crippen LogP contribution in [0.1, 0.15) is 30.4 Å². The number of hydrogen-bond acceptors (Lipinski definition) is 5. The third-order valence-electron chi connectivity index (χ3n) is 4.38. The minimum Gasteiger partial charge on any atom is -0.481 e. The molecule has 0 fully saturated rings. The number of aliphatic carboxylic acids is 3. The van der Waals surface area contributed by atoms with E-state index in [4.69, 9.17) is 5.11 Å². The summed E-state index contributed by atoms with van der Waals surface area (Å²) in [5, 5.41) is 33.5. The minimum atomic E-state index is -1.24. The smallest absolute Gasteiger partial charge is 0.322 e. The lowest BCUT2D eigenvalue weighted by Gasteiger charge is -2.23. The number of carbonyl (C=O) groups is 3. The van der Waals surface area contributed by atoms with Gasteiger partial charge in [0.05, 0.1) is 0 Å². The minimum absolute atomic E-state index is 0.272. The first-order valence-corrected chi connectivity index (χ1v) is 11.2. The monoisotopic (exact) mass is 508 g/mol. The molecule has 2 rings (SSSR count). The van der Waals surface area contributed by atoms with Gasteiger partial charge in [0.2, 0.25) is 0 Å². The lowest BCUT2D eigenvalue weighted by Crippen LogP contribution is -2.56. The molecule has 0 amide bonds.